The molecule has 1 atom stereocenters. The Bertz CT molecular complexity index is 839. The molecule has 2 aromatic heterocycles. The van der Waals surface area contributed by atoms with Gasteiger partial charge in [0, 0.05) is 12.7 Å². The third-order valence-electron chi connectivity index (χ3n) is 4.20. The van der Waals surface area contributed by atoms with E-state index in [-0.39, 0.29) is 16.9 Å². The van der Waals surface area contributed by atoms with Crippen LogP contribution in [0.15, 0.2) is 29.3 Å². The highest BCUT2D eigenvalue weighted by molar-refractivity contribution is 6.33. The summed E-state index contributed by atoms with van der Waals surface area (Å²) in [6, 6.07) is 1.99. The van der Waals surface area contributed by atoms with Crippen LogP contribution in [0.2, 0.25) is 5.02 Å². The topological polar surface area (TPSA) is 60.2 Å². The van der Waals surface area contributed by atoms with Crippen molar-refractivity contribution in [3.8, 4) is 5.82 Å². The second-order valence-corrected chi connectivity index (χ2v) is 6.17. The van der Waals surface area contributed by atoms with Gasteiger partial charge < -0.3 is 9.64 Å². The van der Waals surface area contributed by atoms with Crippen molar-refractivity contribution in [2.75, 3.05) is 24.7 Å². The zero-order valence-corrected chi connectivity index (χ0v) is 14.6. The molecule has 1 saturated heterocycles. The minimum absolute atomic E-state index is 0.0366. The molecule has 1 aliphatic rings. The standard InChI is InChI=1S/C16H16ClF3N4O2/c1-2-11-9-26-6-5-23(11)12-8-22-24(15(25)14(12)17)13-4-3-10(7-21-13)16(18,19)20/h3-4,7-8,11H,2,5-6,9H2,1H3. The van der Waals surface area contributed by atoms with Crippen LogP contribution in [0.4, 0.5) is 18.9 Å². The number of pyridine rings is 1. The Kier molecular flexibility index (Phi) is 5.19. The number of nitrogens with zero attached hydrogens (tertiary/aromatic N) is 4. The van der Waals surface area contributed by atoms with Gasteiger partial charge in [0.05, 0.1) is 36.7 Å². The summed E-state index contributed by atoms with van der Waals surface area (Å²) in [6.07, 6.45) is -1.62. The third-order valence-corrected chi connectivity index (χ3v) is 4.56. The highest BCUT2D eigenvalue weighted by Gasteiger charge is 2.31. The normalized spacial score (nSPS) is 18.2. The molecule has 0 saturated carbocycles. The van der Waals surface area contributed by atoms with Gasteiger partial charge in [-0.3, -0.25) is 4.79 Å². The van der Waals surface area contributed by atoms with Crippen molar-refractivity contribution in [3.05, 3.63) is 45.5 Å². The zero-order chi connectivity index (χ0) is 18.9. The van der Waals surface area contributed by atoms with Crippen molar-refractivity contribution in [2.24, 2.45) is 0 Å². The van der Waals surface area contributed by atoms with Gasteiger partial charge in [0.25, 0.3) is 5.56 Å². The van der Waals surface area contributed by atoms with Crippen LogP contribution >= 0.6 is 11.6 Å². The van der Waals surface area contributed by atoms with Crippen molar-refractivity contribution in [1.29, 1.82) is 0 Å². The molecule has 3 heterocycles. The van der Waals surface area contributed by atoms with Gasteiger partial charge in [-0.25, -0.2) is 4.98 Å². The summed E-state index contributed by atoms with van der Waals surface area (Å²) < 4.78 is 44.2. The van der Waals surface area contributed by atoms with Crippen molar-refractivity contribution in [1.82, 2.24) is 14.8 Å². The van der Waals surface area contributed by atoms with Gasteiger partial charge in [0.1, 0.15) is 5.02 Å². The fraction of sp³-hybridized carbons (Fsp3) is 0.438. The number of alkyl halides is 3. The molecule has 0 aliphatic carbocycles. The maximum absolute atomic E-state index is 12.6. The maximum atomic E-state index is 12.6. The van der Waals surface area contributed by atoms with Crippen LogP contribution in [0.1, 0.15) is 18.9 Å². The number of morpholine rings is 1. The number of hydrogen-bond donors (Lipinski definition) is 0. The quantitative estimate of drug-likeness (QED) is 0.809. The molecule has 26 heavy (non-hydrogen) atoms. The van der Waals surface area contributed by atoms with E-state index < -0.39 is 17.3 Å². The SMILES string of the molecule is CCC1COCCN1c1cnn(-c2ccc(C(F)(F)F)cn2)c(=O)c1Cl. The lowest BCUT2D eigenvalue weighted by atomic mass is 10.1. The van der Waals surface area contributed by atoms with Gasteiger partial charge in [-0.1, -0.05) is 18.5 Å². The van der Waals surface area contributed by atoms with E-state index in [0.29, 0.717) is 31.6 Å². The van der Waals surface area contributed by atoms with Gasteiger partial charge in [-0.15, -0.1) is 0 Å². The summed E-state index contributed by atoms with van der Waals surface area (Å²) in [7, 11) is 0. The second kappa shape index (κ2) is 7.24. The third kappa shape index (κ3) is 3.54. The lowest BCUT2D eigenvalue weighted by molar-refractivity contribution is -0.137. The molecule has 1 fully saturated rings. The smallest absolute Gasteiger partial charge is 0.377 e. The number of aromatic nitrogens is 3. The van der Waals surface area contributed by atoms with Crippen molar-refractivity contribution >= 4 is 17.3 Å². The van der Waals surface area contributed by atoms with Gasteiger partial charge >= 0.3 is 6.18 Å². The van der Waals surface area contributed by atoms with E-state index in [9.17, 15) is 18.0 Å². The molecule has 1 unspecified atom stereocenters. The van der Waals surface area contributed by atoms with E-state index >= 15 is 0 Å². The minimum atomic E-state index is -4.50. The van der Waals surface area contributed by atoms with Crippen LogP contribution in [-0.2, 0) is 10.9 Å². The van der Waals surface area contributed by atoms with E-state index in [1.165, 1.54) is 6.20 Å². The Hall–Kier alpha value is -2.13. The van der Waals surface area contributed by atoms with Crippen molar-refractivity contribution in [2.45, 2.75) is 25.6 Å². The maximum Gasteiger partial charge on any atom is 0.417 e. The number of ether oxygens (including phenoxy) is 1. The largest absolute Gasteiger partial charge is 0.417 e. The second-order valence-electron chi connectivity index (χ2n) is 5.79. The first kappa shape index (κ1) is 18.7. The van der Waals surface area contributed by atoms with Crippen LogP contribution in [0, 0.1) is 0 Å². The van der Waals surface area contributed by atoms with E-state index in [2.05, 4.69) is 10.1 Å². The van der Waals surface area contributed by atoms with Crippen LogP contribution in [-0.4, -0.2) is 40.6 Å². The molecule has 3 rings (SSSR count). The Labute approximate surface area is 152 Å². The first-order chi connectivity index (χ1) is 12.3. The number of halogens is 4. The van der Waals surface area contributed by atoms with Gasteiger partial charge in [-0.05, 0) is 18.6 Å². The molecule has 0 amide bonds. The lowest BCUT2D eigenvalue weighted by Gasteiger charge is -2.36. The molecule has 10 heteroatoms. The molecular weight excluding hydrogens is 373 g/mol. The summed E-state index contributed by atoms with van der Waals surface area (Å²) in [4.78, 5) is 18.2. The summed E-state index contributed by atoms with van der Waals surface area (Å²) in [6.45, 7) is 3.61. The lowest BCUT2D eigenvalue weighted by Crippen LogP contribution is -2.46. The molecular formula is C16H16ClF3N4O2. The van der Waals surface area contributed by atoms with Crippen molar-refractivity contribution < 1.29 is 17.9 Å². The summed E-state index contributed by atoms with van der Waals surface area (Å²) in [5.74, 6) is -0.0366. The average molecular weight is 389 g/mol. The molecule has 0 N–H and O–H groups in total. The fourth-order valence-electron chi connectivity index (χ4n) is 2.78. The summed E-state index contributed by atoms with van der Waals surface area (Å²) >= 11 is 6.24. The van der Waals surface area contributed by atoms with E-state index in [1.54, 1.807) is 0 Å². The first-order valence-corrected chi connectivity index (χ1v) is 8.36. The predicted molar refractivity (Wildman–Crippen MR) is 89.9 cm³/mol. The minimum Gasteiger partial charge on any atom is -0.377 e. The summed E-state index contributed by atoms with van der Waals surface area (Å²) in [5.41, 5.74) is -1.07. The fourth-order valence-corrected chi connectivity index (χ4v) is 3.01. The zero-order valence-electron chi connectivity index (χ0n) is 13.8. The Morgan fingerprint density at radius 2 is 2.12 bits per heavy atom. The van der Waals surface area contributed by atoms with Gasteiger partial charge in [0.2, 0.25) is 0 Å². The van der Waals surface area contributed by atoms with Crippen LogP contribution < -0.4 is 10.5 Å². The average Bonchev–Trinajstić information content (AvgIpc) is 2.63. The number of anilines is 1. The molecule has 1 aliphatic heterocycles. The predicted octanol–water partition coefficient (Wildman–Crippen LogP) is 2.91. The molecule has 6 nitrogen and oxygen atoms in total. The van der Waals surface area contributed by atoms with Crippen LogP contribution in [0.3, 0.4) is 0 Å². The van der Waals surface area contributed by atoms with E-state index in [0.717, 1.165) is 23.2 Å². The number of hydrogen-bond acceptors (Lipinski definition) is 5. The Morgan fingerprint density at radius 1 is 1.35 bits per heavy atom. The molecule has 140 valence electrons. The Morgan fingerprint density at radius 3 is 2.73 bits per heavy atom. The Balaban J connectivity index is 1.96. The highest BCUT2D eigenvalue weighted by Crippen LogP contribution is 2.29. The van der Waals surface area contributed by atoms with Crippen molar-refractivity contribution in [3.63, 3.8) is 0 Å². The first-order valence-electron chi connectivity index (χ1n) is 7.98. The molecule has 2 aromatic rings. The molecule has 0 bridgehead atoms. The van der Waals surface area contributed by atoms with E-state index in [4.69, 9.17) is 16.3 Å². The molecule has 0 spiro atoms. The summed E-state index contributed by atoms with van der Waals surface area (Å²) in [5, 5.41) is 3.98. The number of rotatable bonds is 3. The van der Waals surface area contributed by atoms with Crippen LogP contribution in [0.25, 0.3) is 5.82 Å². The van der Waals surface area contributed by atoms with Gasteiger partial charge in [-0.2, -0.15) is 23.0 Å². The van der Waals surface area contributed by atoms with Gasteiger partial charge in [0.15, 0.2) is 5.82 Å². The highest BCUT2D eigenvalue weighted by atomic mass is 35.5. The monoisotopic (exact) mass is 388 g/mol. The molecule has 0 aromatic carbocycles. The van der Waals surface area contributed by atoms with Crippen LogP contribution in [0.5, 0.6) is 0 Å². The van der Waals surface area contributed by atoms with E-state index in [1.807, 2.05) is 11.8 Å². The molecule has 0 radical (unpaired) electrons.